The van der Waals surface area contributed by atoms with Gasteiger partial charge >= 0.3 is 0 Å². The molecule has 37 atom stereocenters. The number of hydrogen-bond donors (Lipinski definition) is 24. The number of unbranched alkanes of at least 4 members (excludes halogenated alkanes) is 23. The highest BCUT2D eigenvalue weighted by atomic mass is 16.8. The van der Waals surface area contributed by atoms with Gasteiger partial charge in [0.05, 0.1) is 65.0 Å². The van der Waals surface area contributed by atoms with Crippen LogP contribution in [0.4, 0.5) is 0 Å². The number of allylic oxidation sites excluding steroid dienone is 1. The largest absolute Gasteiger partial charge is 0.394 e. The fourth-order valence-electron chi connectivity index (χ4n) is 16.6. The number of nitrogens with one attached hydrogen (secondary N) is 4. The molecule has 0 aromatic heterocycles. The van der Waals surface area contributed by atoms with Crippen molar-refractivity contribution >= 4 is 23.6 Å². The van der Waals surface area contributed by atoms with Crippen LogP contribution in [0.25, 0.3) is 0 Å². The molecule has 7 aliphatic heterocycles. The molecule has 14 unspecified atom stereocenters. The molecule has 722 valence electrons. The van der Waals surface area contributed by atoms with Gasteiger partial charge < -0.3 is 190 Å². The first-order valence-electron chi connectivity index (χ1n) is 44.5. The minimum Gasteiger partial charge on any atom is -0.394 e. The lowest BCUT2D eigenvalue weighted by molar-refractivity contribution is -0.388. The molecule has 0 spiro atoms. The zero-order valence-electron chi connectivity index (χ0n) is 71.9. The van der Waals surface area contributed by atoms with Gasteiger partial charge in [0.1, 0.15) is 171 Å². The minimum atomic E-state index is -2.31. The van der Waals surface area contributed by atoms with Crippen LogP contribution in [0.3, 0.4) is 0 Å². The van der Waals surface area contributed by atoms with E-state index in [4.69, 9.17) is 66.3 Å². The van der Waals surface area contributed by atoms with Crippen LogP contribution in [0, 0.1) is 0 Å². The summed E-state index contributed by atoms with van der Waals surface area (Å²) >= 11 is 0. The molecule has 7 aliphatic rings. The van der Waals surface area contributed by atoms with Gasteiger partial charge in [0, 0.05) is 27.2 Å². The van der Waals surface area contributed by atoms with Crippen LogP contribution in [-0.2, 0) is 85.5 Å². The zero-order chi connectivity index (χ0) is 90.9. The summed E-state index contributed by atoms with van der Waals surface area (Å²) < 4.78 is 83.1. The number of amides is 4. The van der Waals surface area contributed by atoms with Gasteiger partial charge in [-0.3, -0.25) is 19.2 Å². The summed E-state index contributed by atoms with van der Waals surface area (Å²) in [4.78, 5) is 51.7. The SMILES string of the molecule is CCCCCCCCCCCCC/C=C/[C@@H](O)[C@H](CO[C@@H]1OC(CO)[C@@H](O[C@@H]2OC(CO)[C@H](O)[C@H](O[C@@H]3OC(CO)[C@@H](O[C@@H]4OC(CO)[C@H](O)[C@H](O[C@@H]5OC(CO)[C@@H](O[C@@H]6OC(CO)[C@H](O)[C@H](O[C@@H]7OC(CO)[C@@H](O)[C@H](O)C7NC(C)=O)C6O)[C@H](O)C5NC(C)=O)C4O)[C@H](O)C3NC(C)=O)C2O)[C@H](O)C1O)NC(=O)CCCCCCCCCCCCCCC. The van der Waals surface area contributed by atoms with Crippen molar-refractivity contribution in [2.75, 3.05) is 52.9 Å². The first-order valence-corrected chi connectivity index (χ1v) is 44.5. The molecule has 7 rings (SSSR count). The van der Waals surface area contributed by atoms with Gasteiger partial charge in [0.15, 0.2) is 44.0 Å². The van der Waals surface area contributed by atoms with Crippen LogP contribution in [-0.4, -0.2) is 406 Å². The number of ether oxygens (including phenoxy) is 14. The predicted octanol–water partition coefficient (Wildman–Crippen LogP) is -5.24. The van der Waals surface area contributed by atoms with Gasteiger partial charge in [-0.2, -0.15) is 0 Å². The molecule has 4 amide bonds. The molecule has 42 heteroatoms. The summed E-state index contributed by atoms with van der Waals surface area (Å²) in [7, 11) is 0. The Morgan fingerprint density at radius 1 is 0.315 bits per heavy atom. The second-order valence-electron chi connectivity index (χ2n) is 33.5. The molecular weight excluding hydrogens is 1650 g/mol. The van der Waals surface area contributed by atoms with E-state index in [0.717, 1.165) is 72.1 Å². The van der Waals surface area contributed by atoms with E-state index in [1.54, 1.807) is 6.08 Å². The third kappa shape index (κ3) is 30.9. The molecule has 124 heavy (non-hydrogen) atoms. The van der Waals surface area contributed by atoms with E-state index in [-0.39, 0.29) is 12.3 Å². The number of aliphatic hydroxyl groups excluding tert-OH is 20. The Labute approximate surface area is 723 Å². The average molecular weight is 1800 g/mol. The highest BCUT2D eigenvalue weighted by Gasteiger charge is 2.60. The van der Waals surface area contributed by atoms with E-state index in [1.165, 1.54) is 96.3 Å². The van der Waals surface area contributed by atoms with Crippen LogP contribution >= 0.6 is 0 Å². The molecule has 42 nitrogen and oxygen atoms in total. The molecule has 0 bridgehead atoms. The Morgan fingerprint density at radius 2 is 0.597 bits per heavy atom. The van der Waals surface area contributed by atoms with Crippen LogP contribution in [0.15, 0.2) is 12.2 Å². The van der Waals surface area contributed by atoms with Gasteiger partial charge in [-0.05, 0) is 19.3 Å². The Hall–Kier alpha value is -3.74. The maximum Gasteiger partial charge on any atom is 0.220 e. The number of hydrogen-bond acceptors (Lipinski definition) is 38. The number of rotatable bonds is 54. The summed E-state index contributed by atoms with van der Waals surface area (Å²) in [5, 5.41) is 235. The van der Waals surface area contributed by atoms with Crippen molar-refractivity contribution in [3.8, 4) is 0 Å². The van der Waals surface area contributed by atoms with Crippen LogP contribution < -0.4 is 21.3 Å². The smallest absolute Gasteiger partial charge is 0.220 e. The molecule has 0 saturated carbocycles. The first kappa shape index (κ1) is 107. The maximum absolute atomic E-state index is 13.5. The van der Waals surface area contributed by atoms with Crippen molar-refractivity contribution in [3.05, 3.63) is 12.2 Å². The van der Waals surface area contributed by atoms with E-state index < -0.39 is 297 Å². The topological polar surface area (TPSA) is 650 Å². The number of carbonyl (C=O) groups excluding carboxylic acids is 4. The van der Waals surface area contributed by atoms with Gasteiger partial charge in [0.25, 0.3) is 0 Å². The molecule has 0 aromatic carbocycles. The Kier molecular flexibility index (Phi) is 48.1. The van der Waals surface area contributed by atoms with Gasteiger partial charge in [-0.25, -0.2) is 0 Å². The Morgan fingerprint density at radius 3 is 0.935 bits per heavy atom. The summed E-state index contributed by atoms with van der Waals surface area (Å²) in [6.07, 6.45) is -32.7. The van der Waals surface area contributed by atoms with Crippen molar-refractivity contribution in [2.24, 2.45) is 0 Å². The normalized spacial score (nSPS) is 38.4. The summed E-state index contributed by atoms with van der Waals surface area (Å²) in [5.74, 6) is -2.92. The first-order chi connectivity index (χ1) is 59.4. The third-order valence-electron chi connectivity index (χ3n) is 23.7. The lowest BCUT2D eigenvalue weighted by Gasteiger charge is -2.51. The second kappa shape index (κ2) is 55.6. The van der Waals surface area contributed by atoms with E-state index in [2.05, 4.69) is 35.1 Å². The highest BCUT2D eigenvalue weighted by Crippen LogP contribution is 2.39. The lowest BCUT2D eigenvalue weighted by Crippen LogP contribution is -2.71. The molecule has 7 heterocycles. The summed E-state index contributed by atoms with van der Waals surface area (Å²) in [6.45, 7) is -0.253. The fraction of sp³-hybridized carbons (Fsp3) is 0.927. The van der Waals surface area contributed by atoms with E-state index in [0.29, 0.717) is 12.8 Å². The number of aliphatic hydroxyl groups is 20. The van der Waals surface area contributed by atoms with E-state index in [9.17, 15) is 121 Å². The molecule has 0 aromatic rings. The van der Waals surface area contributed by atoms with Crippen molar-refractivity contribution in [2.45, 2.75) is 428 Å². The molecule has 0 aliphatic carbocycles. The van der Waals surface area contributed by atoms with Crippen LogP contribution in [0.2, 0.25) is 0 Å². The molecule has 24 N–H and O–H groups in total. The van der Waals surface area contributed by atoms with Crippen molar-refractivity contribution in [1.29, 1.82) is 0 Å². The predicted molar refractivity (Wildman–Crippen MR) is 429 cm³/mol. The minimum absolute atomic E-state index is 0.162. The zero-order valence-corrected chi connectivity index (χ0v) is 71.9. The van der Waals surface area contributed by atoms with Crippen molar-refractivity contribution < 1.29 is 188 Å². The molecule has 7 fully saturated rings. The van der Waals surface area contributed by atoms with Gasteiger partial charge in [-0.15, -0.1) is 0 Å². The van der Waals surface area contributed by atoms with E-state index >= 15 is 0 Å². The van der Waals surface area contributed by atoms with E-state index in [1.807, 2.05) is 6.08 Å². The Balaban J connectivity index is 1.00. The van der Waals surface area contributed by atoms with Gasteiger partial charge in [-0.1, -0.05) is 167 Å². The standard InChI is InChI=1S/C82H146N4O38/c1-6-8-10-12-14-16-18-20-22-24-26-28-30-32-46(97)45(86-54(98)33-31-29-27-25-23-21-19-17-15-13-11-9-7-2)41-111-79-66(107)65(106)72(53(40-93)118-79)121-82-69(110)75(61(102)50(37-90)115-82)124-78-57(85-44(5)96)64(105)71(52(39-92)117-78)120-81-68(109)74(60(101)49(36-89)114-81)123-77-56(84-43(4)95)63(104)70(51(38-91)116-77)119-80-67(108)73(59(100)48(35-88)113-80)122-76-55(83-42(3)94)62(103)58(99)47(34-87)112-76/h30,32,45-53,55-82,87-93,97,99-110H,6-29,31,33-41H2,1-5H3,(H,83,94)(H,84,95)(H,85,96)(H,86,98)/b32-30+/t45-,46+,47?,48?,49?,50?,51?,52?,53?,55?,56?,57?,58+,59-,60-,61-,62+,63+,64+,65+,66?,67?,68?,69?,70+,71+,72+,73-,74-,75-,76-,77-,78-,79+,80-,81-,82-/m0/s1. The molecular formula is C82H146N4O38. The Bertz CT molecular complexity index is 3020. The third-order valence-corrected chi connectivity index (χ3v) is 23.7. The summed E-state index contributed by atoms with van der Waals surface area (Å²) in [6, 6.07) is -6.45. The van der Waals surface area contributed by atoms with Crippen molar-refractivity contribution in [3.63, 3.8) is 0 Å². The van der Waals surface area contributed by atoms with Crippen molar-refractivity contribution in [1.82, 2.24) is 21.3 Å². The van der Waals surface area contributed by atoms with Crippen LogP contribution in [0.5, 0.6) is 0 Å². The molecule has 0 radical (unpaired) electrons. The highest BCUT2D eigenvalue weighted by molar-refractivity contribution is 5.76. The fourth-order valence-corrected chi connectivity index (χ4v) is 16.6. The quantitative estimate of drug-likeness (QED) is 0.0200. The monoisotopic (exact) mass is 1790 g/mol. The summed E-state index contributed by atoms with van der Waals surface area (Å²) in [5.41, 5.74) is 0. The number of carbonyl (C=O) groups is 4. The second-order valence-corrected chi connectivity index (χ2v) is 33.5. The average Bonchev–Trinajstić information content (AvgIpc) is 0.769. The molecule has 7 saturated heterocycles. The lowest BCUT2D eigenvalue weighted by atomic mass is 9.93. The van der Waals surface area contributed by atoms with Crippen LogP contribution in [0.1, 0.15) is 202 Å². The maximum atomic E-state index is 13.5. The van der Waals surface area contributed by atoms with Gasteiger partial charge in [0.2, 0.25) is 23.6 Å².